The van der Waals surface area contributed by atoms with Crippen LogP contribution in [0, 0.1) is 6.92 Å². The summed E-state index contributed by atoms with van der Waals surface area (Å²) in [5.74, 6) is -0.412. The van der Waals surface area contributed by atoms with Crippen LogP contribution in [0.15, 0.2) is 18.2 Å². The van der Waals surface area contributed by atoms with Crippen molar-refractivity contribution in [2.45, 2.75) is 6.92 Å². The number of carboxylic acid groups (broad SMARTS) is 1. The largest absolute Gasteiger partial charge is 0.496 e. The predicted molar refractivity (Wildman–Crippen MR) is 65.4 cm³/mol. The zero-order valence-corrected chi connectivity index (χ0v) is 10.1. The van der Waals surface area contributed by atoms with Crippen molar-refractivity contribution in [3.8, 4) is 5.75 Å². The molecular weight excluding hydrogens is 238 g/mol. The first-order valence-corrected chi connectivity index (χ1v) is 5.14. The fourth-order valence-corrected chi connectivity index (χ4v) is 1.49. The summed E-state index contributed by atoms with van der Waals surface area (Å²) in [5.41, 5.74) is 8.56. The standard InChI is InChI=1S/C11H15N3O4/c1-7-5-8(3-4-9(7)18-2)14(6-10(15)16)13-11(12)17/h3-5H,6H2,1-2H3,(H,15,16)(H3,12,13,17). The number of nitrogens with zero attached hydrogens (tertiary/aromatic N) is 1. The van der Waals surface area contributed by atoms with E-state index in [-0.39, 0.29) is 0 Å². The van der Waals surface area contributed by atoms with E-state index >= 15 is 0 Å². The van der Waals surface area contributed by atoms with Gasteiger partial charge in [0.05, 0.1) is 12.8 Å². The third-order valence-electron chi connectivity index (χ3n) is 2.23. The summed E-state index contributed by atoms with van der Waals surface area (Å²) in [6.45, 7) is 1.42. The second-order valence-electron chi connectivity index (χ2n) is 3.61. The molecule has 0 heterocycles. The van der Waals surface area contributed by atoms with Gasteiger partial charge in [0.1, 0.15) is 12.3 Å². The molecule has 0 unspecified atom stereocenters. The van der Waals surface area contributed by atoms with E-state index in [1.54, 1.807) is 25.3 Å². The number of hydrogen-bond acceptors (Lipinski definition) is 4. The minimum absolute atomic E-state index is 0.394. The van der Waals surface area contributed by atoms with Gasteiger partial charge in [0, 0.05) is 0 Å². The predicted octanol–water partition coefficient (Wildman–Crippen LogP) is 0.478. The first kappa shape index (κ1) is 13.6. The Labute approximate surface area is 104 Å². The average Bonchev–Trinajstić information content (AvgIpc) is 2.26. The highest BCUT2D eigenvalue weighted by molar-refractivity contribution is 5.78. The van der Waals surface area contributed by atoms with Gasteiger partial charge in [0.25, 0.3) is 0 Å². The van der Waals surface area contributed by atoms with Crippen LogP contribution in [0.25, 0.3) is 0 Å². The maximum absolute atomic E-state index is 10.8. The van der Waals surface area contributed by atoms with Gasteiger partial charge >= 0.3 is 12.0 Å². The second kappa shape index (κ2) is 5.76. The van der Waals surface area contributed by atoms with E-state index in [4.69, 9.17) is 15.6 Å². The Balaban J connectivity index is 3.00. The van der Waals surface area contributed by atoms with Crippen LogP contribution in [0.4, 0.5) is 10.5 Å². The molecule has 0 atom stereocenters. The number of carboxylic acids is 1. The molecule has 7 nitrogen and oxygen atoms in total. The minimum atomic E-state index is -1.09. The van der Waals surface area contributed by atoms with Crippen molar-refractivity contribution in [3.05, 3.63) is 23.8 Å². The smallest absolute Gasteiger partial charge is 0.330 e. The summed E-state index contributed by atoms with van der Waals surface area (Å²) < 4.78 is 5.10. The number of aryl methyl sites for hydroxylation is 1. The molecule has 1 aromatic carbocycles. The summed E-state index contributed by atoms with van der Waals surface area (Å²) >= 11 is 0. The Hall–Kier alpha value is -2.44. The Kier molecular flexibility index (Phi) is 4.36. The number of benzene rings is 1. The topological polar surface area (TPSA) is 105 Å². The van der Waals surface area contributed by atoms with Crippen LogP contribution >= 0.6 is 0 Å². The molecule has 1 aromatic rings. The molecule has 0 spiro atoms. The number of nitrogens with one attached hydrogen (secondary N) is 1. The zero-order chi connectivity index (χ0) is 13.7. The van der Waals surface area contributed by atoms with E-state index < -0.39 is 18.5 Å². The zero-order valence-electron chi connectivity index (χ0n) is 10.1. The molecule has 0 bridgehead atoms. The van der Waals surface area contributed by atoms with Gasteiger partial charge in [-0.25, -0.2) is 10.2 Å². The normalized spacial score (nSPS) is 9.67. The quantitative estimate of drug-likeness (QED) is 0.662. The number of methoxy groups -OCH3 is 1. The number of nitrogens with two attached hydrogens (primary N) is 1. The summed E-state index contributed by atoms with van der Waals surface area (Å²) in [6, 6.07) is 4.18. The maximum Gasteiger partial charge on any atom is 0.330 e. The molecule has 0 aliphatic carbocycles. The Morgan fingerprint density at radius 3 is 2.61 bits per heavy atom. The molecule has 0 radical (unpaired) electrons. The van der Waals surface area contributed by atoms with Crippen molar-refractivity contribution in [1.82, 2.24) is 5.43 Å². The molecule has 0 saturated heterocycles. The Bertz CT molecular complexity index is 446. The number of primary amides is 1. The molecule has 2 amide bonds. The monoisotopic (exact) mass is 253 g/mol. The van der Waals surface area contributed by atoms with Gasteiger partial charge in [0.2, 0.25) is 0 Å². The molecule has 7 heteroatoms. The van der Waals surface area contributed by atoms with Crippen LogP contribution in [0.1, 0.15) is 5.56 Å². The highest BCUT2D eigenvalue weighted by atomic mass is 16.5. The number of carbonyl (C=O) groups is 2. The van der Waals surface area contributed by atoms with Crippen LogP contribution in [0.5, 0.6) is 5.75 Å². The SMILES string of the molecule is COc1ccc(N(CC(=O)O)NC(N)=O)cc1C. The lowest BCUT2D eigenvalue weighted by Crippen LogP contribution is -2.47. The van der Waals surface area contributed by atoms with Crippen LogP contribution in [0.2, 0.25) is 0 Å². The van der Waals surface area contributed by atoms with E-state index in [9.17, 15) is 9.59 Å². The number of amides is 2. The highest BCUT2D eigenvalue weighted by Gasteiger charge is 2.13. The fraction of sp³-hybridized carbons (Fsp3) is 0.273. The van der Waals surface area contributed by atoms with E-state index in [0.29, 0.717) is 11.4 Å². The number of carbonyl (C=O) groups excluding carboxylic acids is 1. The van der Waals surface area contributed by atoms with Crippen molar-refractivity contribution in [1.29, 1.82) is 0 Å². The molecule has 98 valence electrons. The first-order chi connectivity index (χ1) is 8.43. The number of aliphatic carboxylic acids is 1. The van der Waals surface area contributed by atoms with E-state index in [1.165, 1.54) is 0 Å². The van der Waals surface area contributed by atoms with E-state index in [0.717, 1.165) is 10.6 Å². The molecule has 0 aliphatic heterocycles. The van der Waals surface area contributed by atoms with Crippen molar-refractivity contribution >= 4 is 17.7 Å². The molecule has 0 aliphatic rings. The molecule has 0 aromatic heterocycles. The Morgan fingerprint density at radius 1 is 1.50 bits per heavy atom. The lowest BCUT2D eigenvalue weighted by atomic mass is 10.2. The van der Waals surface area contributed by atoms with Gasteiger partial charge < -0.3 is 15.6 Å². The number of hydrogen-bond donors (Lipinski definition) is 3. The number of hydrazine groups is 1. The van der Waals surface area contributed by atoms with Gasteiger partial charge in [-0.05, 0) is 30.7 Å². The van der Waals surface area contributed by atoms with Crippen molar-refractivity contribution in [2.24, 2.45) is 5.73 Å². The van der Waals surface area contributed by atoms with E-state index in [1.807, 2.05) is 6.92 Å². The molecule has 1 rings (SSSR count). The van der Waals surface area contributed by atoms with E-state index in [2.05, 4.69) is 5.43 Å². The van der Waals surface area contributed by atoms with Crippen molar-refractivity contribution < 1.29 is 19.4 Å². The lowest BCUT2D eigenvalue weighted by Gasteiger charge is -2.23. The number of urea groups is 1. The van der Waals surface area contributed by atoms with Crippen LogP contribution in [-0.4, -0.2) is 30.8 Å². The number of anilines is 1. The van der Waals surface area contributed by atoms with Gasteiger partial charge in [0.15, 0.2) is 0 Å². The maximum atomic E-state index is 10.8. The fourth-order valence-electron chi connectivity index (χ4n) is 1.49. The summed E-state index contributed by atoms with van der Waals surface area (Å²) in [7, 11) is 1.54. The Morgan fingerprint density at radius 2 is 2.17 bits per heavy atom. The molecule has 0 fully saturated rings. The third-order valence-corrected chi connectivity index (χ3v) is 2.23. The minimum Gasteiger partial charge on any atom is -0.496 e. The summed E-state index contributed by atoms with van der Waals surface area (Å²) in [6.07, 6.45) is 0. The molecule has 18 heavy (non-hydrogen) atoms. The second-order valence-corrected chi connectivity index (χ2v) is 3.61. The highest BCUT2D eigenvalue weighted by Crippen LogP contribution is 2.23. The lowest BCUT2D eigenvalue weighted by molar-refractivity contribution is -0.135. The molecule has 4 N–H and O–H groups in total. The van der Waals surface area contributed by atoms with Gasteiger partial charge in [-0.1, -0.05) is 0 Å². The van der Waals surface area contributed by atoms with Crippen LogP contribution in [-0.2, 0) is 4.79 Å². The average molecular weight is 253 g/mol. The molecular formula is C11H15N3O4. The van der Waals surface area contributed by atoms with Crippen molar-refractivity contribution in [2.75, 3.05) is 18.7 Å². The van der Waals surface area contributed by atoms with Gasteiger partial charge in [-0.15, -0.1) is 0 Å². The number of ether oxygens (including phenoxy) is 1. The van der Waals surface area contributed by atoms with Crippen LogP contribution < -0.4 is 20.9 Å². The van der Waals surface area contributed by atoms with Gasteiger partial charge in [-0.2, -0.15) is 0 Å². The third kappa shape index (κ3) is 3.55. The van der Waals surface area contributed by atoms with Gasteiger partial charge in [-0.3, -0.25) is 9.80 Å². The summed E-state index contributed by atoms with van der Waals surface area (Å²) in [5, 5.41) is 9.92. The first-order valence-electron chi connectivity index (χ1n) is 5.14. The van der Waals surface area contributed by atoms with Crippen molar-refractivity contribution in [3.63, 3.8) is 0 Å². The number of rotatable bonds is 5. The summed E-state index contributed by atoms with van der Waals surface area (Å²) in [4.78, 5) is 21.5. The molecule has 0 saturated carbocycles. The van der Waals surface area contributed by atoms with Crippen LogP contribution in [0.3, 0.4) is 0 Å².